The van der Waals surface area contributed by atoms with E-state index in [0.717, 1.165) is 17.8 Å². The van der Waals surface area contributed by atoms with Crippen molar-refractivity contribution >= 4 is 21.6 Å². The standard InChI is InChI=1S/C16H19F2N3O3S/c1-16(2,3)12-9-13(21(4)20-12)19-14(22)10-5-7-11(8-6-10)25(23,24)15(17)18/h5-9,15H,1-4H3,(H,19,22). The van der Waals surface area contributed by atoms with Gasteiger partial charge in [0, 0.05) is 24.1 Å². The van der Waals surface area contributed by atoms with Crippen molar-refractivity contribution < 1.29 is 22.0 Å². The van der Waals surface area contributed by atoms with Crippen LogP contribution in [0, 0.1) is 0 Å². The fourth-order valence-corrected chi connectivity index (χ4v) is 2.76. The molecule has 0 radical (unpaired) electrons. The van der Waals surface area contributed by atoms with Crippen LogP contribution in [0.15, 0.2) is 35.2 Å². The van der Waals surface area contributed by atoms with Crippen molar-refractivity contribution in [3.8, 4) is 0 Å². The molecular formula is C16H19F2N3O3S. The summed E-state index contributed by atoms with van der Waals surface area (Å²) in [6.07, 6.45) is 0. The van der Waals surface area contributed by atoms with Gasteiger partial charge in [-0.1, -0.05) is 20.8 Å². The summed E-state index contributed by atoms with van der Waals surface area (Å²) in [5, 5.41) is 7.00. The number of aromatic nitrogens is 2. The quantitative estimate of drug-likeness (QED) is 0.896. The molecule has 6 nitrogen and oxygen atoms in total. The summed E-state index contributed by atoms with van der Waals surface area (Å²) in [4.78, 5) is 11.7. The lowest BCUT2D eigenvalue weighted by molar-refractivity contribution is 0.102. The first-order chi connectivity index (χ1) is 11.4. The number of rotatable bonds is 4. The number of hydrogen-bond donors (Lipinski definition) is 1. The van der Waals surface area contributed by atoms with E-state index in [2.05, 4.69) is 10.4 Å². The fraction of sp³-hybridized carbons (Fsp3) is 0.375. The Morgan fingerprint density at radius 2 is 1.76 bits per heavy atom. The molecule has 1 heterocycles. The average molecular weight is 371 g/mol. The number of nitrogens with one attached hydrogen (secondary N) is 1. The monoisotopic (exact) mass is 371 g/mol. The molecular weight excluding hydrogens is 352 g/mol. The average Bonchev–Trinajstić information content (AvgIpc) is 2.88. The van der Waals surface area contributed by atoms with Gasteiger partial charge in [-0.05, 0) is 24.3 Å². The minimum Gasteiger partial charge on any atom is -0.307 e. The molecule has 0 aliphatic heterocycles. The van der Waals surface area contributed by atoms with Crippen LogP contribution in [-0.4, -0.2) is 29.9 Å². The molecule has 1 aromatic heterocycles. The summed E-state index contributed by atoms with van der Waals surface area (Å²) in [5.74, 6) is -3.53. The van der Waals surface area contributed by atoms with Crippen LogP contribution in [0.3, 0.4) is 0 Å². The van der Waals surface area contributed by atoms with E-state index in [4.69, 9.17) is 0 Å². The summed E-state index contributed by atoms with van der Waals surface area (Å²) in [7, 11) is -2.99. The summed E-state index contributed by atoms with van der Waals surface area (Å²) < 4.78 is 49.3. The second-order valence-electron chi connectivity index (χ2n) is 6.57. The van der Waals surface area contributed by atoms with Crippen molar-refractivity contribution in [1.29, 1.82) is 0 Å². The van der Waals surface area contributed by atoms with E-state index in [-0.39, 0.29) is 11.0 Å². The molecule has 0 aliphatic carbocycles. The minimum absolute atomic E-state index is 0.145. The molecule has 0 bridgehead atoms. The van der Waals surface area contributed by atoms with Crippen molar-refractivity contribution in [2.45, 2.75) is 36.8 Å². The van der Waals surface area contributed by atoms with Gasteiger partial charge < -0.3 is 5.32 Å². The summed E-state index contributed by atoms with van der Waals surface area (Å²) in [6, 6.07) is 6.09. The van der Waals surface area contributed by atoms with Gasteiger partial charge in [-0.3, -0.25) is 9.48 Å². The number of carbonyl (C=O) groups is 1. The number of benzene rings is 1. The smallest absolute Gasteiger partial charge is 0.307 e. The Hall–Kier alpha value is -2.29. The van der Waals surface area contributed by atoms with Crippen LogP contribution in [0.25, 0.3) is 0 Å². The van der Waals surface area contributed by atoms with E-state index in [1.165, 1.54) is 16.8 Å². The second kappa shape index (κ2) is 6.55. The van der Waals surface area contributed by atoms with Gasteiger partial charge in [-0.2, -0.15) is 13.9 Å². The maximum absolute atomic E-state index is 12.5. The van der Waals surface area contributed by atoms with Crippen molar-refractivity contribution in [2.75, 3.05) is 5.32 Å². The third-order valence-electron chi connectivity index (χ3n) is 3.57. The van der Waals surface area contributed by atoms with Crippen LogP contribution in [0.4, 0.5) is 14.6 Å². The zero-order chi connectivity index (χ0) is 19.0. The molecule has 2 aromatic rings. The molecule has 0 saturated heterocycles. The first-order valence-electron chi connectivity index (χ1n) is 7.41. The Kier molecular flexibility index (Phi) is 4.99. The first kappa shape index (κ1) is 19.0. The van der Waals surface area contributed by atoms with Crippen molar-refractivity contribution in [3.63, 3.8) is 0 Å². The molecule has 1 aromatic carbocycles. The largest absolute Gasteiger partial charge is 0.341 e. The number of halogens is 2. The Balaban J connectivity index is 2.21. The highest BCUT2D eigenvalue weighted by Crippen LogP contribution is 2.24. The van der Waals surface area contributed by atoms with Gasteiger partial charge >= 0.3 is 5.76 Å². The molecule has 0 aliphatic rings. The third-order valence-corrected chi connectivity index (χ3v) is 4.97. The summed E-state index contributed by atoms with van der Waals surface area (Å²) in [5.41, 5.74) is 0.752. The molecule has 1 amide bonds. The maximum Gasteiger partial charge on any atom is 0.341 e. The second-order valence-corrected chi connectivity index (χ2v) is 8.49. The van der Waals surface area contributed by atoms with E-state index in [1.807, 2.05) is 20.8 Å². The topological polar surface area (TPSA) is 81.1 Å². The number of hydrogen-bond acceptors (Lipinski definition) is 4. The molecule has 136 valence electrons. The Labute approximate surface area is 144 Å². The summed E-state index contributed by atoms with van der Waals surface area (Å²) in [6.45, 7) is 5.97. The van der Waals surface area contributed by atoms with E-state index in [9.17, 15) is 22.0 Å². The lowest BCUT2D eigenvalue weighted by atomic mass is 9.92. The SMILES string of the molecule is Cn1nc(C(C)(C)C)cc1NC(=O)c1ccc(S(=O)(=O)C(F)F)cc1. The van der Waals surface area contributed by atoms with Crippen LogP contribution in [0.5, 0.6) is 0 Å². The Morgan fingerprint density at radius 3 is 2.20 bits per heavy atom. The van der Waals surface area contributed by atoms with Crippen LogP contribution >= 0.6 is 0 Å². The first-order valence-corrected chi connectivity index (χ1v) is 8.95. The van der Waals surface area contributed by atoms with Crippen molar-refractivity contribution in [3.05, 3.63) is 41.6 Å². The van der Waals surface area contributed by atoms with Gasteiger partial charge in [0.05, 0.1) is 10.6 Å². The zero-order valence-corrected chi connectivity index (χ0v) is 15.1. The third kappa shape index (κ3) is 4.04. The molecule has 1 N–H and O–H groups in total. The molecule has 0 unspecified atom stereocenters. The normalized spacial score (nSPS) is 12.4. The highest BCUT2D eigenvalue weighted by atomic mass is 32.2. The Morgan fingerprint density at radius 1 is 1.20 bits per heavy atom. The van der Waals surface area contributed by atoms with Gasteiger partial charge in [0.1, 0.15) is 5.82 Å². The molecule has 25 heavy (non-hydrogen) atoms. The van der Waals surface area contributed by atoms with Crippen LogP contribution in [-0.2, 0) is 22.3 Å². The van der Waals surface area contributed by atoms with E-state index in [1.54, 1.807) is 13.1 Å². The van der Waals surface area contributed by atoms with Gasteiger partial charge in [0.25, 0.3) is 5.91 Å². The highest BCUT2D eigenvalue weighted by molar-refractivity contribution is 7.91. The van der Waals surface area contributed by atoms with E-state index < -0.39 is 26.4 Å². The fourth-order valence-electron chi connectivity index (χ4n) is 2.04. The number of amides is 1. The van der Waals surface area contributed by atoms with E-state index >= 15 is 0 Å². The van der Waals surface area contributed by atoms with Crippen molar-refractivity contribution in [1.82, 2.24) is 9.78 Å². The molecule has 2 rings (SSSR count). The highest BCUT2D eigenvalue weighted by Gasteiger charge is 2.26. The molecule has 0 saturated carbocycles. The van der Waals surface area contributed by atoms with Gasteiger partial charge in [-0.15, -0.1) is 0 Å². The maximum atomic E-state index is 12.5. The van der Waals surface area contributed by atoms with Crippen LogP contribution < -0.4 is 5.32 Å². The zero-order valence-electron chi connectivity index (χ0n) is 14.2. The predicted octanol–water partition coefficient (Wildman–Crippen LogP) is 2.97. The number of alkyl halides is 2. The Bertz CT molecular complexity index is 882. The summed E-state index contributed by atoms with van der Waals surface area (Å²) >= 11 is 0. The number of sulfone groups is 1. The number of anilines is 1. The van der Waals surface area contributed by atoms with Crippen LogP contribution in [0.1, 0.15) is 36.8 Å². The molecule has 9 heteroatoms. The molecule has 0 atom stereocenters. The predicted molar refractivity (Wildman–Crippen MR) is 89.5 cm³/mol. The van der Waals surface area contributed by atoms with Crippen molar-refractivity contribution in [2.24, 2.45) is 7.05 Å². The molecule has 0 spiro atoms. The van der Waals surface area contributed by atoms with Gasteiger partial charge in [0.2, 0.25) is 9.84 Å². The lowest BCUT2D eigenvalue weighted by Crippen LogP contribution is -2.15. The van der Waals surface area contributed by atoms with E-state index in [0.29, 0.717) is 5.82 Å². The number of nitrogens with zero attached hydrogens (tertiary/aromatic N) is 2. The van der Waals surface area contributed by atoms with Crippen LogP contribution in [0.2, 0.25) is 0 Å². The minimum atomic E-state index is -4.68. The van der Waals surface area contributed by atoms with Gasteiger partial charge in [0.15, 0.2) is 0 Å². The number of carbonyl (C=O) groups excluding carboxylic acids is 1. The lowest BCUT2D eigenvalue weighted by Gasteiger charge is -2.13. The van der Waals surface area contributed by atoms with Gasteiger partial charge in [-0.25, -0.2) is 8.42 Å². The molecule has 0 fully saturated rings. The number of aryl methyl sites for hydroxylation is 1.